The van der Waals surface area contributed by atoms with Gasteiger partial charge in [-0.3, -0.25) is 14.4 Å². The number of amides is 3. The van der Waals surface area contributed by atoms with Crippen LogP contribution in [-0.4, -0.2) is 44.3 Å². The van der Waals surface area contributed by atoms with Crippen LogP contribution < -0.4 is 30.3 Å². The molecule has 0 saturated heterocycles. The molecule has 42 heavy (non-hydrogen) atoms. The molecular formula is C28H26BrF3N4O6. The number of methoxy groups -OCH3 is 1. The number of halogens is 4. The second-order valence-corrected chi connectivity index (χ2v) is 9.38. The van der Waals surface area contributed by atoms with E-state index in [2.05, 4.69) is 37.1 Å². The maximum Gasteiger partial charge on any atom is 0.418 e. The Morgan fingerprint density at radius 1 is 0.929 bits per heavy atom. The van der Waals surface area contributed by atoms with Crippen molar-refractivity contribution in [3.05, 3.63) is 76.3 Å². The lowest BCUT2D eigenvalue weighted by Gasteiger charge is -2.15. The second kappa shape index (κ2) is 14.9. The normalized spacial score (nSPS) is 11.1. The molecule has 0 bridgehead atoms. The van der Waals surface area contributed by atoms with Crippen molar-refractivity contribution in [1.29, 1.82) is 0 Å². The summed E-state index contributed by atoms with van der Waals surface area (Å²) >= 11 is 2.98. The van der Waals surface area contributed by atoms with Crippen LogP contribution in [0.4, 0.5) is 24.5 Å². The molecule has 3 aromatic carbocycles. The van der Waals surface area contributed by atoms with Gasteiger partial charge >= 0.3 is 18.0 Å². The molecule has 0 aromatic heterocycles. The van der Waals surface area contributed by atoms with Gasteiger partial charge in [-0.1, -0.05) is 22.9 Å². The van der Waals surface area contributed by atoms with E-state index >= 15 is 0 Å². The van der Waals surface area contributed by atoms with Gasteiger partial charge in [0, 0.05) is 10.2 Å². The molecule has 3 amide bonds. The zero-order valence-corrected chi connectivity index (χ0v) is 24.0. The third-order valence-electron chi connectivity index (χ3n) is 5.28. The number of carbonyl (C=O) groups excluding carboxylic acids is 3. The molecule has 3 aromatic rings. The lowest BCUT2D eigenvalue weighted by molar-refractivity contribution is -0.137. The summed E-state index contributed by atoms with van der Waals surface area (Å²) in [5.41, 5.74) is 1.52. The largest absolute Gasteiger partial charge is 0.494 e. The van der Waals surface area contributed by atoms with Crippen LogP contribution in [-0.2, 0) is 20.6 Å². The van der Waals surface area contributed by atoms with Crippen molar-refractivity contribution in [3.8, 4) is 17.2 Å². The minimum Gasteiger partial charge on any atom is -0.494 e. The molecule has 3 N–H and O–H groups in total. The van der Waals surface area contributed by atoms with Crippen molar-refractivity contribution in [2.45, 2.75) is 19.5 Å². The SMILES string of the molecule is CCCOc1ccc(NC(=O)C(=O)N/N=C\c2ccc(OCC(=O)Nc3ccc(Br)cc3C(F)(F)F)c(OC)c2)cc1. The van der Waals surface area contributed by atoms with Crippen LogP contribution >= 0.6 is 15.9 Å². The van der Waals surface area contributed by atoms with E-state index in [9.17, 15) is 27.6 Å². The average Bonchev–Trinajstić information content (AvgIpc) is 2.96. The molecule has 14 heteroatoms. The fourth-order valence-corrected chi connectivity index (χ4v) is 3.69. The first-order valence-corrected chi connectivity index (χ1v) is 13.1. The molecule has 0 spiro atoms. The van der Waals surface area contributed by atoms with Crippen LogP contribution in [0.25, 0.3) is 0 Å². The summed E-state index contributed by atoms with van der Waals surface area (Å²) in [6.07, 6.45) is -2.57. The van der Waals surface area contributed by atoms with Crippen molar-refractivity contribution in [3.63, 3.8) is 0 Å². The number of rotatable bonds is 11. The van der Waals surface area contributed by atoms with Crippen molar-refractivity contribution >= 4 is 51.2 Å². The second-order valence-electron chi connectivity index (χ2n) is 8.46. The fourth-order valence-electron chi connectivity index (χ4n) is 3.33. The monoisotopic (exact) mass is 650 g/mol. The Morgan fingerprint density at radius 2 is 1.67 bits per heavy atom. The van der Waals surface area contributed by atoms with Crippen molar-refractivity contribution in [2.75, 3.05) is 31.0 Å². The number of hydrogen-bond donors (Lipinski definition) is 3. The van der Waals surface area contributed by atoms with Gasteiger partial charge in [0.25, 0.3) is 5.91 Å². The predicted molar refractivity (Wildman–Crippen MR) is 153 cm³/mol. The smallest absolute Gasteiger partial charge is 0.418 e. The van der Waals surface area contributed by atoms with E-state index < -0.39 is 41.8 Å². The van der Waals surface area contributed by atoms with Gasteiger partial charge in [-0.2, -0.15) is 18.3 Å². The Morgan fingerprint density at radius 3 is 2.33 bits per heavy atom. The summed E-state index contributed by atoms with van der Waals surface area (Å²) in [5.74, 6) is -1.81. The molecule has 0 aliphatic heterocycles. The number of nitrogens with one attached hydrogen (secondary N) is 3. The van der Waals surface area contributed by atoms with Crippen LogP contribution in [0.3, 0.4) is 0 Å². The highest BCUT2D eigenvalue weighted by atomic mass is 79.9. The Kier molecular flexibility index (Phi) is 11.3. The summed E-state index contributed by atoms with van der Waals surface area (Å²) in [7, 11) is 1.34. The topological polar surface area (TPSA) is 127 Å². The van der Waals surface area contributed by atoms with E-state index in [1.165, 1.54) is 37.6 Å². The van der Waals surface area contributed by atoms with Gasteiger partial charge in [0.1, 0.15) is 5.75 Å². The summed E-state index contributed by atoms with van der Waals surface area (Å²) < 4.78 is 56.2. The minimum atomic E-state index is -4.67. The number of ether oxygens (including phenoxy) is 3. The van der Waals surface area contributed by atoms with Gasteiger partial charge in [-0.05, 0) is 72.6 Å². The lowest BCUT2D eigenvalue weighted by atomic mass is 10.1. The van der Waals surface area contributed by atoms with Gasteiger partial charge in [0.2, 0.25) is 0 Å². The average molecular weight is 651 g/mol. The van der Waals surface area contributed by atoms with E-state index in [-0.39, 0.29) is 16.0 Å². The van der Waals surface area contributed by atoms with Crippen molar-refractivity contribution in [2.24, 2.45) is 5.10 Å². The maximum atomic E-state index is 13.3. The highest BCUT2D eigenvalue weighted by Gasteiger charge is 2.34. The molecule has 222 valence electrons. The zero-order chi connectivity index (χ0) is 30.7. The molecule has 0 aliphatic carbocycles. The van der Waals surface area contributed by atoms with Crippen LogP contribution in [0.2, 0.25) is 0 Å². The molecule has 0 saturated carbocycles. The Balaban J connectivity index is 1.53. The molecule has 10 nitrogen and oxygen atoms in total. The number of benzene rings is 3. The summed E-state index contributed by atoms with van der Waals surface area (Å²) in [4.78, 5) is 36.5. The maximum absolute atomic E-state index is 13.3. The molecule has 0 aliphatic rings. The van der Waals surface area contributed by atoms with Gasteiger partial charge in [-0.25, -0.2) is 5.43 Å². The molecule has 0 unspecified atom stereocenters. The number of anilines is 2. The predicted octanol–water partition coefficient (Wildman–Crippen LogP) is 5.37. The molecule has 0 atom stereocenters. The van der Waals surface area contributed by atoms with Crippen LogP contribution in [0.15, 0.2) is 70.2 Å². The fraction of sp³-hybridized carbons (Fsp3) is 0.214. The molecule has 0 fully saturated rings. The summed E-state index contributed by atoms with van der Waals surface area (Å²) in [6.45, 7) is 1.94. The molecular weight excluding hydrogens is 625 g/mol. The van der Waals surface area contributed by atoms with E-state index in [1.807, 2.05) is 6.92 Å². The van der Waals surface area contributed by atoms with E-state index in [0.29, 0.717) is 23.6 Å². The van der Waals surface area contributed by atoms with Gasteiger partial charge < -0.3 is 24.8 Å². The molecule has 3 rings (SSSR count). The number of alkyl halides is 3. The standard InChI is InChI=1S/C28H26BrF3N4O6/c1-3-12-41-20-8-6-19(7-9-20)34-26(38)27(39)36-33-15-17-4-11-23(24(13-17)40-2)42-16-25(37)35-22-10-5-18(29)14-21(22)28(30,31)32/h4-11,13-15H,3,12,16H2,1-2H3,(H,34,38)(H,35,37)(H,36,39)/b33-15-. The van der Waals surface area contributed by atoms with Gasteiger partial charge in [-0.15, -0.1) is 0 Å². The minimum absolute atomic E-state index is 0.131. The highest BCUT2D eigenvalue weighted by Crippen LogP contribution is 2.36. The van der Waals surface area contributed by atoms with E-state index in [1.54, 1.807) is 24.3 Å². The lowest BCUT2D eigenvalue weighted by Crippen LogP contribution is -2.32. The summed E-state index contributed by atoms with van der Waals surface area (Å²) in [6, 6.07) is 14.3. The van der Waals surface area contributed by atoms with Crippen LogP contribution in [0.5, 0.6) is 17.2 Å². The van der Waals surface area contributed by atoms with E-state index in [0.717, 1.165) is 18.6 Å². The Labute approximate surface area is 247 Å². The Bertz CT molecular complexity index is 1450. The van der Waals surface area contributed by atoms with E-state index in [4.69, 9.17) is 14.2 Å². The third kappa shape index (κ3) is 9.51. The van der Waals surface area contributed by atoms with Crippen LogP contribution in [0, 0.1) is 0 Å². The number of nitrogens with zero attached hydrogens (tertiary/aromatic N) is 1. The number of hydrazone groups is 1. The summed E-state index contributed by atoms with van der Waals surface area (Å²) in [5, 5.41) is 8.39. The highest BCUT2D eigenvalue weighted by molar-refractivity contribution is 9.10. The zero-order valence-electron chi connectivity index (χ0n) is 22.4. The first kappa shape index (κ1) is 31.9. The first-order chi connectivity index (χ1) is 20.0. The van der Waals surface area contributed by atoms with Gasteiger partial charge in [0.05, 0.1) is 31.2 Å². The number of carbonyl (C=O) groups is 3. The quantitative estimate of drug-likeness (QED) is 0.145. The molecule has 0 radical (unpaired) electrons. The Hall–Kier alpha value is -4.59. The first-order valence-electron chi connectivity index (χ1n) is 12.3. The third-order valence-corrected chi connectivity index (χ3v) is 5.77. The van der Waals surface area contributed by atoms with Crippen molar-refractivity contribution in [1.82, 2.24) is 5.43 Å². The number of hydrogen-bond acceptors (Lipinski definition) is 7. The molecule has 0 heterocycles. The van der Waals surface area contributed by atoms with Gasteiger partial charge in [0.15, 0.2) is 18.1 Å². The van der Waals surface area contributed by atoms with Crippen molar-refractivity contribution < 1.29 is 41.8 Å². The van der Waals surface area contributed by atoms with Crippen LogP contribution in [0.1, 0.15) is 24.5 Å².